The molecular formula is C19H25N3O3S2. The van der Waals surface area contributed by atoms with Crippen molar-refractivity contribution in [3.05, 3.63) is 47.8 Å². The van der Waals surface area contributed by atoms with Crippen molar-refractivity contribution in [1.82, 2.24) is 9.62 Å². The molecule has 2 aromatic rings. The summed E-state index contributed by atoms with van der Waals surface area (Å²) in [7, 11) is -1.51. The number of likely N-dealkylation sites (N-methyl/N-ethyl adjacent to an activating group) is 1. The van der Waals surface area contributed by atoms with E-state index in [0.717, 1.165) is 12.1 Å². The lowest BCUT2D eigenvalue weighted by molar-refractivity contribution is -0.126. The average molecular weight is 408 g/mol. The van der Waals surface area contributed by atoms with Gasteiger partial charge in [-0.15, -0.1) is 11.3 Å². The summed E-state index contributed by atoms with van der Waals surface area (Å²) >= 11 is 1.21. The molecule has 0 aliphatic carbocycles. The van der Waals surface area contributed by atoms with Gasteiger partial charge in [0, 0.05) is 38.9 Å². The standard InChI is InChI=1S/C19H25N3O3S2/c1-21(17-8-3-2-4-9-17)13-11-20-19(23)16-7-5-12-22(15-16)27(24,25)18-10-6-14-26-18/h2-4,6,8-10,14,16H,5,7,11-13,15H2,1H3,(H,20,23)/t16-/m0/s1. The van der Waals surface area contributed by atoms with Crippen molar-refractivity contribution >= 4 is 33.0 Å². The second kappa shape index (κ2) is 8.86. The van der Waals surface area contributed by atoms with Gasteiger partial charge in [-0.3, -0.25) is 4.79 Å². The SMILES string of the molecule is CN(CCNC(=O)[C@H]1CCCN(S(=O)(=O)c2cccs2)C1)c1ccccc1. The first-order valence-corrected chi connectivity index (χ1v) is 11.4. The van der Waals surface area contributed by atoms with Gasteiger partial charge in [0.15, 0.2) is 0 Å². The third kappa shape index (κ3) is 4.88. The quantitative estimate of drug-likeness (QED) is 0.765. The van der Waals surface area contributed by atoms with Crippen molar-refractivity contribution in [3.8, 4) is 0 Å². The minimum atomic E-state index is -3.49. The number of sulfonamides is 1. The van der Waals surface area contributed by atoms with E-state index in [1.807, 2.05) is 37.4 Å². The third-order valence-electron chi connectivity index (χ3n) is 4.79. The summed E-state index contributed by atoms with van der Waals surface area (Å²) in [6.45, 7) is 1.94. The number of carbonyl (C=O) groups excluding carboxylic acids is 1. The number of hydrogen-bond donors (Lipinski definition) is 1. The second-order valence-electron chi connectivity index (χ2n) is 6.68. The van der Waals surface area contributed by atoms with Gasteiger partial charge in [-0.2, -0.15) is 4.31 Å². The van der Waals surface area contributed by atoms with E-state index in [1.165, 1.54) is 15.6 Å². The van der Waals surface area contributed by atoms with E-state index < -0.39 is 10.0 Å². The number of rotatable bonds is 7. The van der Waals surface area contributed by atoms with Gasteiger partial charge in [-0.05, 0) is 36.4 Å². The van der Waals surface area contributed by atoms with E-state index in [4.69, 9.17) is 0 Å². The first-order chi connectivity index (χ1) is 13.0. The van der Waals surface area contributed by atoms with Crippen molar-refractivity contribution in [2.45, 2.75) is 17.1 Å². The Morgan fingerprint density at radius 1 is 1.26 bits per heavy atom. The summed E-state index contributed by atoms with van der Waals surface area (Å²) in [5.41, 5.74) is 1.10. The number of anilines is 1. The number of amides is 1. The molecule has 1 N–H and O–H groups in total. The summed E-state index contributed by atoms with van der Waals surface area (Å²) in [6, 6.07) is 13.3. The Morgan fingerprint density at radius 3 is 2.74 bits per heavy atom. The summed E-state index contributed by atoms with van der Waals surface area (Å²) in [4.78, 5) is 14.6. The number of para-hydroxylation sites is 1. The highest BCUT2D eigenvalue weighted by Crippen LogP contribution is 2.26. The maximum Gasteiger partial charge on any atom is 0.252 e. The molecule has 146 valence electrons. The molecular weight excluding hydrogens is 382 g/mol. The van der Waals surface area contributed by atoms with Crippen LogP contribution in [0.1, 0.15) is 12.8 Å². The zero-order valence-electron chi connectivity index (χ0n) is 15.4. The summed E-state index contributed by atoms with van der Waals surface area (Å²) in [5, 5.41) is 4.71. The Labute approximate surface area is 164 Å². The fourth-order valence-corrected chi connectivity index (χ4v) is 5.88. The second-order valence-corrected chi connectivity index (χ2v) is 9.79. The van der Waals surface area contributed by atoms with Crippen LogP contribution in [0.4, 0.5) is 5.69 Å². The summed E-state index contributed by atoms with van der Waals surface area (Å²) < 4.78 is 27.1. The maximum atomic E-state index is 12.7. The van der Waals surface area contributed by atoms with Gasteiger partial charge in [-0.25, -0.2) is 8.42 Å². The first kappa shape index (κ1) is 19.9. The molecule has 0 saturated carbocycles. The molecule has 8 heteroatoms. The predicted octanol–water partition coefficient (Wildman–Crippen LogP) is 2.40. The molecule has 0 spiro atoms. The Hall–Kier alpha value is -1.90. The van der Waals surface area contributed by atoms with E-state index in [9.17, 15) is 13.2 Å². The molecule has 6 nitrogen and oxygen atoms in total. The smallest absolute Gasteiger partial charge is 0.252 e. The minimum Gasteiger partial charge on any atom is -0.373 e. The molecule has 1 aliphatic rings. The van der Waals surface area contributed by atoms with Crippen molar-refractivity contribution in [3.63, 3.8) is 0 Å². The van der Waals surface area contributed by atoms with Crippen molar-refractivity contribution < 1.29 is 13.2 Å². The Kier molecular flexibility index (Phi) is 6.51. The topological polar surface area (TPSA) is 69.7 Å². The number of nitrogens with one attached hydrogen (secondary N) is 1. The number of hydrogen-bond acceptors (Lipinski definition) is 5. The molecule has 1 amide bonds. The van der Waals surface area contributed by atoms with Crippen LogP contribution in [-0.2, 0) is 14.8 Å². The van der Waals surface area contributed by atoms with Gasteiger partial charge in [0.25, 0.3) is 10.0 Å². The van der Waals surface area contributed by atoms with Crippen molar-refractivity contribution in [2.75, 3.05) is 38.1 Å². The highest BCUT2D eigenvalue weighted by Gasteiger charge is 2.33. The normalized spacial score (nSPS) is 18.2. The molecule has 27 heavy (non-hydrogen) atoms. The third-order valence-corrected chi connectivity index (χ3v) is 8.03. The van der Waals surface area contributed by atoms with Crippen LogP contribution >= 0.6 is 11.3 Å². The van der Waals surface area contributed by atoms with E-state index in [1.54, 1.807) is 17.5 Å². The predicted molar refractivity (Wildman–Crippen MR) is 109 cm³/mol. The molecule has 1 aromatic heterocycles. The van der Waals surface area contributed by atoms with Crippen LogP contribution < -0.4 is 10.2 Å². The van der Waals surface area contributed by atoms with Gasteiger partial charge in [-0.1, -0.05) is 24.3 Å². The molecule has 1 aliphatic heterocycles. The number of piperidine rings is 1. The molecule has 1 atom stereocenters. The lowest BCUT2D eigenvalue weighted by atomic mass is 9.99. The van der Waals surface area contributed by atoms with Crippen LogP contribution in [0.5, 0.6) is 0 Å². The highest BCUT2D eigenvalue weighted by molar-refractivity contribution is 7.91. The molecule has 2 heterocycles. The average Bonchev–Trinajstić information content (AvgIpc) is 3.24. The van der Waals surface area contributed by atoms with Crippen LogP contribution in [0.15, 0.2) is 52.1 Å². The van der Waals surface area contributed by atoms with E-state index in [-0.39, 0.29) is 18.4 Å². The molecule has 1 saturated heterocycles. The molecule has 0 bridgehead atoms. The number of carbonyl (C=O) groups is 1. The molecule has 1 fully saturated rings. The number of thiophene rings is 1. The van der Waals surface area contributed by atoms with Gasteiger partial charge in [0.2, 0.25) is 5.91 Å². The molecule has 1 aromatic carbocycles. The van der Waals surface area contributed by atoms with Gasteiger partial charge in [0.1, 0.15) is 4.21 Å². The Bertz CT molecular complexity index is 838. The van der Waals surface area contributed by atoms with Crippen LogP contribution in [0, 0.1) is 5.92 Å². The zero-order valence-corrected chi connectivity index (χ0v) is 17.0. The lowest BCUT2D eigenvalue weighted by Gasteiger charge is -2.31. The monoisotopic (exact) mass is 407 g/mol. The van der Waals surface area contributed by atoms with Crippen LogP contribution in [-0.4, -0.2) is 51.9 Å². The number of benzene rings is 1. The Balaban J connectivity index is 1.51. The van der Waals surface area contributed by atoms with Gasteiger partial charge >= 0.3 is 0 Å². The van der Waals surface area contributed by atoms with Gasteiger partial charge < -0.3 is 10.2 Å². The molecule has 0 radical (unpaired) electrons. The first-order valence-electron chi connectivity index (χ1n) is 9.06. The van der Waals surface area contributed by atoms with Gasteiger partial charge in [0.05, 0.1) is 5.92 Å². The minimum absolute atomic E-state index is 0.0671. The summed E-state index contributed by atoms with van der Waals surface area (Å²) in [6.07, 6.45) is 1.42. The molecule has 0 unspecified atom stereocenters. The maximum absolute atomic E-state index is 12.7. The van der Waals surface area contributed by atoms with Crippen LogP contribution in [0.3, 0.4) is 0 Å². The molecule has 3 rings (SSSR count). The fraction of sp³-hybridized carbons (Fsp3) is 0.421. The van der Waals surface area contributed by atoms with Crippen molar-refractivity contribution in [2.24, 2.45) is 5.92 Å². The Morgan fingerprint density at radius 2 is 2.04 bits per heavy atom. The summed E-state index contributed by atoms with van der Waals surface area (Å²) in [5.74, 6) is -0.363. The van der Waals surface area contributed by atoms with Crippen molar-refractivity contribution in [1.29, 1.82) is 0 Å². The van der Waals surface area contributed by atoms with E-state index >= 15 is 0 Å². The van der Waals surface area contributed by atoms with E-state index in [0.29, 0.717) is 30.3 Å². The van der Waals surface area contributed by atoms with Crippen LogP contribution in [0.25, 0.3) is 0 Å². The largest absolute Gasteiger partial charge is 0.373 e. The lowest BCUT2D eigenvalue weighted by Crippen LogP contribution is -2.46. The fourth-order valence-electron chi connectivity index (χ4n) is 3.21. The highest BCUT2D eigenvalue weighted by atomic mass is 32.2. The number of nitrogens with zero attached hydrogens (tertiary/aromatic N) is 2. The van der Waals surface area contributed by atoms with Crippen LogP contribution in [0.2, 0.25) is 0 Å². The zero-order chi connectivity index (χ0) is 19.3. The van der Waals surface area contributed by atoms with E-state index in [2.05, 4.69) is 10.2 Å².